The van der Waals surface area contributed by atoms with Gasteiger partial charge in [-0.15, -0.1) is 0 Å². The lowest BCUT2D eigenvalue weighted by molar-refractivity contribution is -0.153. The summed E-state index contributed by atoms with van der Waals surface area (Å²) in [7, 11) is 0. The van der Waals surface area contributed by atoms with Crippen LogP contribution in [0.25, 0.3) is 0 Å². The molecule has 0 bridgehead atoms. The maximum atomic E-state index is 12.8. The second-order valence-corrected chi connectivity index (χ2v) is 7.04. The van der Waals surface area contributed by atoms with Gasteiger partial charge in [0.15, 0.2) is 24.7 Å². The first-order valence-electron chi connectivity index (χ1n) is 9.61. The van der Waals surface area contributed by atoms with Gasteiger partial charge < -0.3 is 14.8 Å². The van der Waals surface area contributed by atoms with Crippen molar-refractivity contribution in [2.75, 3.05) is 13.2 Å². The lowest BCUT2D eigenvalue weighted by Crippen LogP contribution is -2.46. The number of para-hydroxylation sites is 2. The van der Waals surface area contributed by atoms with Crippen LogP contribution in [0, 0.1) is 0 Å². The molecule has 0 aliphatic heterocycles. The van der Waals surface area contributed by atoms with E-state index in [0.29, 0.717) is 0 Å². The minimum atomic E-state index is -4.47. The minimum absolute atomic E-state index is 0.0584. The van der Waals surface area contributed by atoms with Crippen molar-refractivity contribution in [2.45, 2.75) is 18.6 Å². The largest absolute Gasteiger partial charge is 0.480 e. The first kappa shape index (κ1) is 22.2. The van der Waals surface area contributed by atoms with Gasteiger partial charge in [-0.25, -0.2) is 0 Å². The van der Waals surface area contributed by atoms with Gasteiger partial charge in [0.2, 0.25) is 0 Å². The summed E-state index contributed by atoms with van der Waals surface area (Å²) >= 11 is 0. The maximum absolute atomic E-state index is 12.8. The van der Waals surface area contributed by atoms with Crippen LogP contribution in [0.4, 0.5) is 13.2 Å². The predicted octanol–water partition coefficient (Wildman–Crippen LogP) is 5.09. The third kappa shape index (κ3) is 6.01. The van der Waals surface area contributed by atoms with Crippen molar-refractivity contribution in [3.05, 3.63) is 96.1 Å². The lowest BCUT2D eigenvalue weighted by Gasteiger charge is -2.32. The number of hydrogen-bond donors (Lipinski definition) is 1. The SMILES string of the molecule is CC(NC(=O)COc1ccccc1OCC(F)(F)F)(c1ccccc1)c1ccccc1. The highest BCUT2D eigenvalue weighted by atomic mass is 19.4. The second kappa shape index (κ2) is 9.55. The molecule has 0 aliphatic rings. The number of benzene rings is 3. The molecule has 0 saturated heterocycles. The topological polar surface area (TPSA) is 47.6 Å². The summed E-state index contributed by atoms with van der Waals surface area (Å²) in [6.45, 7) is 0.0528. The highest BCUT2D eigenvalue weighted by Gasteiger charge is 2.31. The van der Waals surface area contributed by atoms with Crippen molar-refractivity contribution in [1.29, 1.82) is 0 Å². The summed E-state index contributed by atoms with van der Waals surface area (Å²) < 4.78 is 47.7. The van der Waals surface area contributed by atoms with Gasteiger partial charge in [-0.05, 0) is 30.2 Å². The molecule has 0 radical (unpaired) electrons. The molecule has 162 valence electrons. The Morgan fingerprint density at radius 2 is 1.23 bits per heavy atom. The third-order valence-electron chi connectivity index (χ3n) is 4.69. The molecular formula is C24H22F3NO3. The van der Waals surface area contributed by atoms with Gasteiger partial charge in [0.05, 0.1) is 5.54 Å². The molecule has 1 amide bonds. The molecule has 7 heteroatoms. The lowest BCUT2D eigenvalue weighted by atomic mass is 9.84. The van der Waals surface area contributed by atoms with Crippen molar-refractivity contribution < 1.29 is 27.4 Å². The van der Waals surface area contributed by atoms with Crippen LogP contribution in [0.3, 0.4) is 0 Å². The van der Waals surface area contributed by atoms with Crippen LogP contribution >= 0.6 is 0 Å². The zero-order chi connectivity index (χ0) is 22.3. The molecule has 1 N–H and O–H groups in total. The number of nitrogens with one attached hydrogen (secondary N) is 1. The van der Waals surface area contributed by atoms with Crippen LogP contribution in [-0.4, -0.2) is 25.3 Å². The summed E-state index contributed by atoms with van der Waals surface area (Å²) in [5.74, 6) is -0.453. The number of ether oxygens (including phenoxy) is 2. The number of hydrogen-bond acceptors (Lipinski definition) is 3. The summed E-state index contributed by atoms with van der Waals surface area (Å²) in [5, 5.41) is 2.99. The molecule has 0 aromatic heterocycles. The van der Waals surface area contributed by atoms with Crippen LogP contribution < -0.4 is 14.8 Å². The second-order valence-electron chi connectivity index (χ2n) is 7.04. The first-order chi connectivity index (χ1) is 14.8. The zero-order valence-electron chi connectivity index (χ0n) is 16.9. The first-order valence-corrected chi connectivity index (χ1v) is 9.61. The van der Waals surface area contributed by atoms with Crippen molar-refractivity contribution >= 4 is 5.91 Å². The fourth-order valence-corrected chi connectivity index (χ4v) is 3.16. The maximum Gasteiger partial charge on any atom is 0.422 e. The van der Waals surface area contributed by atoms with Crippen LogP contribution in [-0.2, 0) is 10.3 Å². The molecule has 0 aliphatic carbocycles. The Labute approximate surface area is 178 Å². The van der Waals surface area contributed by atoms with Crippen molar-refractivity contribution in [3.63, 3.8) is 0 Å². The third-order valence-corrected chi connectivity index (χ3v) is 4.69. The Kier molecular flexibility index (Phi) is 6.84. The van der Waals surface area contributed by atoms with Gasteiger partial charge in [-0.2, -0.15) is 13.2 Å². The highest BCUT2D eigenvalue weighted by Crippen LogP contribution is 2.30. The van der Waals surface area contributed by atoms with Gasteiger partial charge >= 0.3 is 6.18 Å². The smallest absolute Gasteiger partial charge is 0.422 e. The summed E-state index contributed by atoms with van der Waals surface area (Å²) in [6.07, 6.45) is -4.47. The Bertz CT molecular complexity index is 952. The van der Waals surface area contributed by atoms with E-state index in [1.165, 1.54) is 18.2 Å². The monoisotopic (exact) mass is 429 g/mol. The van der Waals surface area contributed by atoms with E-state index in [-0.39, 0.29) is 18.1 Å². The van der Waals surface area contributed by atoms with E-state index >= 15 is 0 Å². The Hall–Kier alpha value is -3.48. The average molecular weight is 429 g/mol. The fourth-order valence-electron chi connectivity index (χ4n) is 3.16. The average Bonchev–Trinajstić information content (AvgIpc) is 2.77. The quantitative estimate of drug-likeness (QED) is 0.543. The molecule has 3 aromatic carbocycles. The van der Waals surface area contributed by atoms with Crippen LogP contribution in [0.2, 0.25) is 0 Å². The Balaban J connectivity index is 1.73. The number of carbonyl (C=O) groups is 1. The number of alkyl halides is 3. The highest BCUT2D eigenvalue weighted by molar-refractivity contribution is 5.79. The van der Waals surface area contributed by atoms with Crippen molar-refractivity contribution in [1.82, 2.24) is 5.32 Å². The standard InChI is InChI=1S/C24H22F3NO3/c1-23(18-10-4-2-5-11-18,19-12-6-3-7-13-19)28-22(29)16-30-20-14-8-9-15-21(20)31-17-24(25,26)27/h2-15H,16-17H2,1H3,(H,28,29). The Morgan fingerprint density at radius 1 is 0.774 bits per heavy atom. The number of amides is 1. The van der Waals surface area contributed by atoms with Gasteiger partial charge in [0.25, 0.3) is 5.91 Å². The van der Waals surface area contributed by atoms with Crippen LogP contribution in [0.1, 0.15) is 18.1 Å². The molecule has 4 nitrogen and oxygen atoms in total. The molecule has 3 rings (SSSR count). The van der Waals surface area contributed by atoms with E-state index in [4.69, 9.17) is 9.47 Å². The molecule has 0 unspecified atom stereocenters. The fraction of sp³-hybridized carbons (Fsp3) is 0.208. The molecule has 31 heavy (non-hydrogen) atoms. The summed E-state index contributed by atoms with van der Waals surface area (Å²) in [5.41, 5.74) is 0.932. The normalized spacial score (nSPS) is 11.6. The number of halogens is 3. The van der Waals surface area contributed by atoms with Gasteiger partial charge in [-0.1, -0.05) is 72.8 Å². The van der Waals surface area contributed by atoms with E-state index in [0.717, 1.165) is 11.1 Å². The van der Waals surface area contributed by atoms with E-state index < -0.39 is 24.2 Å². The molecule has 0 atom stereocenters. The minimum Gasteiger partial charge on any atom is -0.480 e. The summed E-state index contributed by atoms with van der Waals surface area (Å²) in [6, 6.07) is 24.9. The van der Waals surface area contributed by atoms with Gasteiger partial charge in [-0.3, -0.25) is 4.79 Å². The molecule has 0 saturated carbocycles. The van der Waals surface area contributed by atoms with E-state index in [1.807, 2.05) is 67.6 Å². The zero-order valence-corrected chi connectivity index (χ0v) is 16.9. The van der Waals surface area contributed by atoms with Crippen molar-refractivity contribution in [3.8, 4) is 11.5 Å². The molecule has 0 spiro atoms. The van der Waals surface area contributed by atoms with Gasteiger partial charge in [0, 0.05) is 0 Å². The number of carbonyl (C=O) groups excluding carboxylic acids is 1. The van der Waals surface area contributed by atoms with E-state index in [1.54, 1.807) is 6.07 Å². The predicted molar refractivity (Wildman–Crippen MR) is 111 cm³/mol. The molecular weight excluding hydrogens is 407 g/mol. The molecule has 3 aromatic rings. The summed E-state index contributed by atoms with van der Waals surface area (Å²) in [4.78, 5) is 12.8. The van der Waals surface area contributed by atoms with E-state index in [2.05, 4.69) is 5.32 Å². The van der Waals surface area contributed by atoms with Gasteiger partial charge in [0.1, 0.15) is 0 Å². The van der Waals surface area contributed by atoms with E-state index in [9.17, 15) is 18.0 Å². The Morgan fingerprint density at radius 3 is 1.71 bits per heavy atom. The van der Waals surface area contributed by atoms with Crippen LogP contribution in [0.5, 0.6) is 11.5 Å². The van der Waals surface area contributed by atoms with Crippen LogP contribution in [0.15, 0.2) is 84.9 Å². The number of rotatable bonds is 8. The molecule has 0 heterocycles. The molecule has 0 fully saturated rings. The van der Waals surface area contributed by atoms with Crippen molar-refractivity contribution in [2.24, 2.45) is 0 Å².